The van der Waals surface area contributed by atoms with Gasteiger partial charge in [0.05, 0.1) is 10.7 Å². The quantitative estimate of drug-likeness (QED) is 0.758. The summed E-state index contributed by atoms with van der Waals surface area (Å²) in [6.07, 6.45) is 0. The second kappa shape index (κ2) is 4.34. The van der Waals surface area contributed by atoms with Gasteiger partial charge >= 0.3 is 0 Å². The minimum atomic E-state index is -0.870. The highest BCUT2D eigenvalue weighted by Crippen LogP contribution is 2.30. The Hall–Kier alpha value is -1.61. The van der Waals surface area contributed by atoms with E-state index in [0.717, 1.165) is 0 Å². The lowest BCUT2D eigenvalue weighted by molar-refractivity contribution is 0.505. The van der Waals surface area contributed by atoms with Crippen LogP contribution in [0.2, 0.25) is 5.02 Å². The number of benzene rings is 2. The van der Waals surface area contributed by atoms with E-state index < -0.39 is 11.6 Å². The van der Waals surface area contributed by atoms with Crippen molar-refractivity contribution in [3.63, 3.8) is 0 Å². The number of hydrogen-bond donors (Lipinski definition) is 1. The first-order valence-corrected chi connectivity index (χ1v) is 5.38. The molecule has 0 aliphatic carbocycles. The van der Waals surface area contributed by atoms with Gasteiger partial charge < -0.3 is 5.73 Å². The van der Waals surface area contributed by atoms with Gasteiger partial charge in [0.15, 0.2) is 11.6 Å². The van der Waals surface area contributed by atoms with Crippen molar-refractivity contribution in [2.24, 2.45) is 0 Å². The monoisotopic (exact) mass is 253 g/mol. The van der Waals surface area contributed by atoms with Crippen LogP contribution in [0.15, 0.2) is 30.3 Å². The van der Waals surface area contributed by atoms with Crippen LogP contribution in [0.25, 0.3) is 11.1 Å². The van der Waals surface area contributed by atoms with Crippen LogP contribution in [-0.4, -0.2) is 0 Å². The molecule has 0 aliphatic heterocycles. The molecular formula is C13H10ClF2N. The van der Waals surface area contributed by atoms with E-state index in [4.69, 9.17) is 17.3 Å². The van der Waals surface area contributed by atoms with E-state index >= 15 is 0 Å². The zero-order valence-corrected chi connectivity index (χ0v) is 9.85. The molecule has 2 N–H and O–H groups in total. The van der Waals surface area contributed by atoms with Crippen LogP contribution in [0.4, 0.5) is 14.5 Å². The minimum absolute atomic E-state index is 0.176. The Morgan fingerprint density at radius 1 is 1.06 bits per heavy atom. The Balaban J connectivity index is 2.61. The summed E-state index contributed by atoms with van der Waals surface area (Å²) in [7, 11) is 0. The summed E-state index contributed by atoms with van der Waals surface area (Å²) in [5.74, 6) is -1.71. The zero-order valence-electron chi connectivity index (χ0n) is 9.10. The SMILES string of the molecule is Cc1ccc(-c2ccc(N)c(Cl)c2)c(F)c1F. The summed E-state index contributed by atoms with van der Waals surface area (Å²) in [6.45, 7) is 1.51. The topological polar surface area (TPSA) is 26.0 Å². The molecule has 0 radical (unpaired) electrons. The third-order valence-electron chi connectivity index (χ3n) is 2.59. The Labute approximate surface area is 103 Å². The Morgan fingerprint density at radius 2 is 1.76 bits per heavy atom. The van der Waals surface area contributed by atoms with Gasteiger partial charge in [-0.05, 0) is 30.2 Å². The smallest absolute Gasteiger partial charge is 0.166 e. The number of rotatable bonds is 1. The van der Waals surface area contributed by atoms with Gasteiger partial charge in [0.25, 0.3) is 0 Å². The molecule has 2 aromatic carbocycles. The van der Waals surface area contributed by atoms with Gasteiger partial charge in [-0.3, -0.25) is 0 Å². The predicted octanol–water partition coefficient (Wildman–Crippen LogP) is 4.18. The van der Waals surface area contributed by atoms with Gasteiger partial charge in [-0.25, -0.2) is 8.78 Å². The minimum Gasteiger partial charge on any atom is -0.398 e. The number of nitrogens with two attached hydrogens (primary N) is 1. The van der Waals surface area contributed by atoms with E-state index in [2.05, 4.69) is 0 Å². The van der Waals surface area contributed by atoms with Crippen molar-refractivity contribution < 1.29 is 8.78 Å². The van der Waals surface area contributed by atoms with Gasteiger partial charge in [0.1, 0.15) is 0 Å². The predicted molar refractivity (Wildman–Crippen MR) is 66.0 cm³/mol. The fourth-order valence-electron chi connectivity index (χ4n) is 1.56. The molecule has 0 aromatic heterocycles. The Bertz CT molecular complexity index is 582. The molecule has 0 spiro atoms. The molecule has 0 bridgehead atoms. The van der Waals surface area contributed by atoms with Gasteiger partial charge in [-0.2, -0.15) is 0 Å². The lowest BCUT2D eigenvalue weighted by Crippen LogP contribution is -1.94. The number of aryl methyl sites for hydroxylation is 1. The standard InChI is InChI=1S/C13H10ClF2N/c1-7-2-4-9(13(16)12(7)15)8-3-5-11(17)10(14)6-8/h2-6H,17H2,1H3. The summed E-state index contributed by atoms with van der Waals surface area (Å²) in [5.41, 5.74) is 6.91. The fraction of sp³-hybridized carbons (Fsp3) is 0.0769. The molecule has 0 aliphatic rings. The van der Waals surface area contributed by atoms with E-state index in [1.165, 1.54) is 25.1 Å². The van der Waals surface area contributed by atoms with E-state index in [1.807, 2.05) is 0 Å². The van der Waals surface area contributed by atoms with E-state index in [0.29, 0.717) is 16.3 Å². The second-order valence-electron chi connectivity index (χ2n) is 3.79. The summed E-state index contributed by atoms with van der Waals surface area (Å²) < 4.78 is 27.2. The van der Waals surface area contributed by atoms with Crippen LogP contribution in [0.5, 0.6) is 0 Å². The fourth-order valence-corrected chi connectivity index (χ4v) is 1.74. The van der Waals surface area contributed by atoms with E-state index in [1.54, 1.807) is 12.1 Å². The third-order valence-corrected chi connectivity index (χ3v) is 2.91. The van der Waals surface area contributed by atoms with Gasteiger partial charge in [0.2, 0.25) is 0 Å². The number of halogens is 3. The Kier molecular flexibility index (Phi) is 3.03. The van der Waals surface area contributed by atoms with Gasteiger partial charge in [0, 0.05) is 5.56 Å². The molecule has 2 rings (SSSR count). The molecular weight excluding hydrogens is 244 g/mol. The molecule has 4 heteroatoms. The summed E-state index contributed by atoms with van der Waals surface area (Å²) >= 11 is 5.85. The second-order valence-corrected chi connectivity index (χ2v) is 4.20. The molecule has 0 fully saturated rings. The van der Waals surface area contributed by atoms with Crippen molar-refractivity contribution >= 4 is 17.3 Å². The highest BCUT2D eigenvalue weighted by atomic mass is 35.5. The zero-order chi connectivity index (χ0) is 12.6. The van der Waals surface area contributed by atoms with Crippen molar-refractivity contribution in [3.8, 4) is 11.1 Å². The first-order valence-electron chi connectivity index (χ1n) is 5.00. The normalized spacial score (nSPS) is 10.6. The van der Waals surface area contributed by atoms with Crippen LogP contribution >= 0.6 is 11.6 Å². The van der Waals surface area contributed by atoms with Crippen LogP contribution in [0.3, 0.4) is 0 Å². The van der Waals surface area contributed by atoms with Gasteiger partial charge in [-0.15, -0.1) is 0 Å². The highest BCUT2D eigenvalue weighted by Gasteiger charge is 2.13. The largest absolute Gasteiger partial charge is 0.398 e. The van der Waals surface area contributed by atoms with Crippen molar-refractivity contribution in [1.29, 1.82) is 0 Å². The van der Waals surface area contributed by atoms with E-state index in [9.17, 15) is 8.78 Å². The Morgan fingerprint density at radius 3 is 2.41 bits per heavy atom. The molecule has 17 heavy (non-hydrogen) atoms. The lowest BCUT2D eigenvalue weighted by Gasteiger charge is -2.07. The van der Waals surface area contributed by atoms with Crippen molar-refractivity contribution in [3.05, 3.63) is 52.6 Å². The average molecular weight is 254 g/mol. The third kappa shape index (κ3) is 2.11. The molecule has 2 aromatic rings. The van der Waals surface area contributed by atoms with Crippen molar-refractivity contribution in [2.75, 3.05) is 5.73 Å². The van der Waals surface area contributed by atoms with Crippen molar-refractivity contribution in [2.45, 2.75) is 6.92 Å². The van der Waals surface area contributed by atoms with Crippen LogP contribution in [0.1, 0.15) is 5.56 Å². The maximum Gasteiger partial charge on any atom is 0.166 e. The summed E-state index contributed by atoms with van der Waals surface area (Å²) in [5, 5.41) is 0.322. The average Bonchev–Trinajstić information content (AvgIpc) is 2.30. The van der Waals surface area contributed by atoms with Gasteiger partial charge in [-0.1, -0.05) is 29.8 Å². The lowest BCUT2D eigenvalue weighted by atomic mass is 10.0. The van der Waals surface area contributed by atoms with Crippen LogP contribution in [0, 0.1) is 18.6 Å². The van der Waals surface area contributed by atoms with Crippen LogP contribution in [-0.2, 0) is 0 Å². The number of anilines is 1. The van der Waals surface area contributed by atoms with Crippen molar-refractivity contribution in [1.82, 2.24) is 0 Å². The summed E-state index contributed by atoms with van der Waals surface area (Å²) in [4.78, 5) is 0. The highest BCUT2D eigenvalue weighted by molar-refractivity contribution is 6.33. The molecule has 0 saturated carbocycles. The first kappa shape index (κ1) is 11.9. The number of nitrogen functional groups attached to an aromatic ring is 1. The maximum absolute atomic E-state index is 13.7. The van der Waals surface area contributed by atoms with E-state index in [-0.39, 0.29) is 11.1 Å². The molecule has 0 atom stereocenters. The first-order chi connectivity index (χ1) is 8.00. The maximum atomic E-state index is 13.7. The molecule has 0 heterocycles. The molecule has 0 amide bonds. The molecule has 0 unspecified atom stereocenters. The van der Waals surface area contributed by atoms with Crippen LogP contribution < -0.4 is 5.73 Å². The molecule has 1 nitrogen and oxygen atoms in total. The number of hydrogen-bond acceptors (Lipinski definition) is 1. The summed E-state index contributed by atoms with van der Waals surface area (Å²) in [6, 6.07) is 7.74. The molecule has 0 saturated heterocycles. The molecule has 88 valence electrons.